The number of hydrogen-bond donors (Lipinski definition) is 0. The maximum absolute atomic E-state index is 11.9. The molecule has 134 valence electrons. The van der Waals surface area contributed by atoms with Crippen LogP contribution >= 0.6 is 9.66 Å². The molecule has 0 saturated heterocycles. The van der Waals surface area contributed by atoms with Crippen molar-refractivity contribution >= 4 is 9.66 Å². The highest BCUT2D eigenvalue weighted by molar-refractivity contribution is 8.21. The standard InChI is InChI=1S/C26H19NS/c27-28(24-12-6-2-7-13-24,25-14-8-3-9-15-25)26-20-18-23(19-21-26)17-16-22-10-4-1-5-11-22/h1-15,18-21H. The van der Waals surface area contributed by atoms with Crippen LogP contribution < -0.4 is 0 Å². The van der Waals surface area contributed by atoms with Crippen molar-refractivity contribution in [3.63, 3.8) is 0 Å². The fourth-order valence-electron chi connectivity index (χ4n) is 3.04. The van der Waals surface area contributed by atoms with E-state index in [9.17, 15) is 4.61 Å². The van der Waals surface area contributed by atoms with Gasteiger partial charge in [0.25, 0.3) is 0 Å². The molecule has 0 aliphatic rings. The zero-order chi connectivity index (χ0) is 19.2. The van der Waals surface area contributed by atoms with Crippen molar-refractivity contribution in [2.45, 2.75) is 14.7 Å². The topological polar surface area (TPSA) is 23.8 Å². The number of hydrogen-bond acceptors (Lipinski definition) is 1. The lowest BCUT2D eigenvalue weighted by Crippen LogP contribution is -1.91. The van der Waals surface area contributed by atoms with Gasteiger partial charge in [0.1, 0.15) is 0 Å². The summed E-state index contributed by atoms with van der Waals surface area (Å²) in [6, 6.07) is 37.7. The second-order valence-corrected chi connectivity index (χ2v) is 8.92. The molecule has 0 unspecified atom stereocenters. The molecule has 0 fully saturated rings. The van der Waals surface area contributed by atoms with Crippen molar-refractivity contribution in [3.05, 3.63) is 126 Å². The molecule has 0 bridgehead atoms. The normalized spacial score (nSPS) is 10.7. The van der Waals surface area contributed by atoms with Crippen LogP contribution in [0.4, 0.5) is 0 Å². The Labute approximate surface area is 167 Å². The lowest BCUT2D eigenvalue weighted by molar-refractivity contribution is 1.29. The summed E-state index contributed by atoms with van der Waals surface area (Å²) in [5.74, 6) is 6.37. The number of nitrogens with zero attached hydrogens (tertiary/aromatic N) is 1. The Morgan fingerprint density at radius 2 is 0.786 bits per heavy atom. The van der Waals surface area contributed by atoms with Gasteiger partial charge in [-0.3, -0.25) is 0 Å². The molecule has 0 radical (unpaired) electrons. The minimum atomic E-state index is -2.31. The first kappa shape index (κ1) is 17.9. The summed E-state index contributed by atoms with van der Waals surface area (Å²) in [6.45, 7) is 0. The van der Waals surface area contributed by atoms with Gasteiger partial charge in [0, 0.05) is 35.5 Å². The van der Waals surface area contributed by atoms with Gasteiger partial charge in [-0.05, 0) is 60.7 Å². The lowest BCUT2D eigenvalue weighted by atomic mass is 10.2. The lowest BCUT2D eigenvalue weighted by Gasteiger charge is -2.21. The summed E-state index contributed by atoms with van der Waals surface area (Å²) < 4.78 is 11.9. The Hall–Kier alpha value is -3.50. The van der Waals surface area contributed by atoms with E-state index in [0.717, 1.165) is 25.8 Å². The Balaban J connectivity index is 1.75. The molecule has 0 aliphatic carbocycles. The summed E-state index contributed by atoms with van der Waals surface area (Å²) in [5.41, 5.74) is 1.91. The molecular formula is C26H19NS. The van der Waals surface area contributed by atoms with Crippen LogP contribution in [0.3, 0.4) is 0 Å². The smallest absolute Gasteiger partial charge is 0.0310 e. The van der Waals surface area contributed by atoms with Crippen molar-refractivity contribution in [1.29, 1.82) is 4.61 Å². The maximum atomic E-state index is 11.9. The summed E-state index contributed by atoms with van der Waals surface area (Å²) in [4.78, 5) is 2.74. The van der Waals surface area contributed by atoms with Crippen LogP contribution in [0.1, 0.15) is 11.1 Å². The second-order valence-electron chi connectivity index (χ2n) is 6.35. The predicted molar refractivity (Wildman–Crippen MR) is 116 cm³/mol. The molecule has 4 rings (SSSR count). The van der Waals surface area contributed by atoms with E-state index < -0.39 is 9.66 Å². The maximum Gasteiger partial charge on any atom is 0.0310 e. The molecule has 0 heterocycles. The molecule has 4 aromatic carbocycles. The van der Waals surface area contributed by atoms with Gasteiger partial charge in [-0.15, -0.1) is 0 Å². The van der Waals surface area contributed by atoms with Gasteiger partial charge in [-0.25, -0.2) is 4.61 Å². The number of rotatable bonds is 0. The van der Waals surface area contributed by atoms with Crippen LogP contribution in [0, 0.1) is 16.4 Å². The Bertz CT molecular complexity index is 1180. The minimum Gasteiger partial charge on any atom is -0.216 e. The molecule has 1 nitrogen and oxygen atoms in total. The fraction of sp³-hybridized carbons (Fsp3) is 0. The molecule has 0 aromatic heterocycles. The van der Waals surface area contributed by atoms with E-state index in [-0.39, 0.29) is 0 Å². The van der Waals surface area contributed by atoms with Crippen LogP contribution in [-0.2, 0) is 0 Å². The van der Waals surface area contributed by atoms with Gasteiger partial charge >= 0.3 is 0 Å². The summed E-state index contributed by atoms with van der Waals surface area (Å²) in [5, 5.41) is 0. The van der Waals surface area contributed by atoms with Gasteiger partial charge < -0.3 is 0 Å². The van der Waals surface area contributed by atoms with Crippen molar-refractivity contribution < 1.29 is 0 Å². The van der Waals surface area contributed by atoms with E-state index in [0.29, 0.717) is 0 Å². The van der Waals surface area contributed by atoms with Crippen LogP contribution in [0.5, 0.6) is 0 Å². The zero-order valence-electron chi connectivity index (χ0n) is 15.3. The van der Waals surface area contributed by atoms with Crippen molar-refractivity contribution in [2.24, 2.45) is 0 Å². The molecule has 28 heavy (non-hydrogen) atoms. The third-order valence-electron chi connectivity index (χ3n) is 4.49. The Morgan fingerprint density at radius 1 is 0.429 bits per heavy atom. The fourth-order valence-corrected chi connectivity index (χ4v) is 5.49. The predicted octanol–water partition coefficient (Wildman–Crippen LogP) is 6.85. The molecule has 0 spiro atoms. The minimum absolute atomic E-state index is 0.898. The molecule has 0 atom stereocenters. The quantitative estimate of drug-likeness (QED) is 0.307. The van der Waals surface area contributed by atoms with Crippen molar-refractivity contribution in [1.82, 2.24) is 0 Å². The highest BCUT2D eigenvalue weighted by Gasteiger charge is 2.22. The summed E-state index contributed by atoms with van der Waals surface area (Å²) in [7, 11) is -2.31. The molecule has 0 amide bonds. The Kier molecular flexibility index (Phi) is 5.13. The van der Waals surface area contributed by atoms with Gasteiger partial charge in [0.2, 0.25) is 0 Å². The van der Waals surface area contributed by atoms with E-state index in [1.54, 1.807) is 0 Å². The van der Waals surface area contributed by atoms with Crippen LogP contribution in [0.2, 0.25) is 0 Å². The van der Waals surface area contributed by atoms with Crippen molar-refractivity contribution in [2.75, 3.05) is 0 Å². The van der Waals surface area contributed by atoms with Crippen molar-refractivity contribution in [3.8, 4) is 11.8 Å². The molecule has 0 aliphatic heterocycles. The van der Waals surface area contributed by atoms with Gasteiger partial charge in [0.05, 0.1) is 0 Å². The van der Waals surface area contributed by atoms with E-state index >= 15 is 0 Å². The highest BCUT2D eigenvalue weighted by atomic mass is 32.2. The first-order chi connectivity index (χ1) is 13.8. The average Bonchev–Trinajstić information content (AvgIpc) is 2.79. The van der Waals surface area contributed by atoms with Crippen LogP contribution in [0.25, 0.3) is 0 Å². The van der Waals surface area contributed by atoms with Gasteiger partial charge in [-0.1, -0.05) is 66.4 Å². The van der Waals surface area contributed by atoms with Gasteiger partial charge in [0.15, 0.2) is 0 Å². The summed E-state index contributed by atoms with van der Waals surface area (Å²) >= 11 is 0. The number of benzene rings is 4. The third kappa shape index (κ3) is 3.63. The monoisotopic (exact) mass is 377 g/mol. The first-order valence-electron chi connectivity index (χ1n) is 9.10. The highest BCUT2D eigenvalue weighted by Crippen LogP contribution is 2.56. The van der Waals surface area contributed by atoms with E-state index in [2.05, 4.69) is 11.8 Å². The molecular weight excluding hydrogens is 358 g/mol. The van der Waals surface area contributed by atoms with Crippen LogP contribution in [-0.4, -0.2) is 0 Å². The molecule has 0 saturated carbocycles. The average molecular weight is 378 g/mol. The second kappa shape index (κ2) is 8.03. The molecule has 2 heteroatoms. The zero-order valence-corrected chi connectivity index (χ0v) is 16.1. The SMILES string of the molecule is N#S(c1ccccc1)(c1ccccc1)c1ccc(C#Cc2ccccc2)cc1. The first-order valence-corrected chi connectivity index (χ1v) is 10.7. The van der Waals surface area contributed by atoms with E-state index in [1.165, 1.54) is 0 Å². The van der Waals surface area contributed by atoms with Gasteiger partial charge in [-0.2, -0.15) is 0 Å². The molecule has 4 aromatic rings. The van der Waals surface area contributed by atoms with Crippen LogP contribution in [0.15, 0.2) is 130 Å². The largest absolute Gasteiger partial charge is 0.216 e. The Morgan fingerprint density at radius 3 is 1.25 bits per heavy atom. The van der Waals surface area contributed by atoms with E-state index in [1.807, 2.05) is 115 Å². The third-order valence-corrected chi connectivity index (χ3v) is 7.35. The van der Waals surface area contributed by atoms with E-state index in [4.69, 9.17) is 0 Å². The summed E-state index contributed by atoms with van der Waals surface area (Å²) in [6.07, 6.45) is 0. The molecule has 0 N–H and O–H groups in total.